The normalized spacial score (nSPS) is 24.6. The maximum absolute atomic E-state index is 5.82. The molecule has 2 heteroatoms. The molecule has 0 radical (unpaired) electrons. The van der Waals surface area contributed by atoms with E-state index in [1.165, 1.54) is 24.9 Å². The molecule has 0 saturated heterocycles. The van der Waals surface area contributed by atoms with E-state index in [2.05, 4.69) is 42.3 Å². The zero-order chi connectivity index (χ0) is 11.4. The van der Waals surface area contributed by atoms with Crippen LogP contribution >= 0.6 is 0 Å². The lowest BCUT2D eigenvalue weighted by Crippen LogP contribution is -2.30. The smallest absolute Gasteiger partial charge is 0.0363 e. The zero-order valence-electron chi connectivity index (χ0n) is 10.1. The maximum Gasteiger partial charge on any atom is 0.0363 e. The number of hydrogen-bond acceptors (Lipinski definition) is 2. The fourth-order valence-corrected chi connectivity index (χ4v) is 2.80. The fourth-order valence-electron chi connectivity index (χ4n) is 2.80. The van der Waals surface area contributed by atoms with Crippen LogP contribution in [0.5, 0.6) is 0 Å². The highest BCUT2D eigenvalue weighted by molar-refractivity contribution is 5.45. The first-order valence-corrected chi connectivity index (χ1v) is 6.27. The summed E-state index contributed by atoms with van der Waals surface area (Å²) in [5, 5.41) is 0. The van der Waals surface area contributed by atoms with Gasteiger partial charge < -0.3 is 10.6 Å². The highest BCUT2D eigenvalue weighted by atomic mass is 15.1. The number of para-hydroxylation sites is 1. The summed E-state index contributed by atoms with van der Waals surface area (Å²) in [6.07, 6.45) is 4.03. The van der Waals surface area contributed by atoms with Crippen molar-refractivity contribution in [3.63, 3.8) is 0 Å². The van der Waals surface area contributed by atoms with Gasteiger partial charge in [-0.3, -0.25) is 0 Å². The van der Waals surface area contributed by atoms with Gasteiger partial charge in [0, 0.05) is 19.3 Å². The standard InChI is InChI=1S/C14H22N2/c1-16(14-8-3-2-4-9-14)11-13-7-5-6-12(13)10-15/h2-4,8-9,12-13H,5-7,10-11,15H2,1H3. The molecule has 1 aromatic rings. The number of hydrogen-bond donors (Lipinski definition) is 1. The highest BCUT2D eigenvalue weighted by Gasteiger charge is 2.26. The van der Waals surface area contributed by atoms with Crippen LogP contribution in [0.2, 0.25) is 0 Å². The molecule has 2 rings (SSSR count). The second kappa shape index (κ2) is 5.35. The van der Waals surface area contributed by atoms with Crippen LogP contribution in [0.1, 0.15) is 19.3 Å². The highest BCUT2D eigenvalue weighted by Crippen LogP contribution is 2.32. The van der Waals surface area contributed by atoms with Crippen molar-refractivity contribution in [2.75, 3.05) is 25.0 Å². The van der Waals surface area contributed by atoms with Gasteiger partial charge in [0.1, 0.15) is 0 Å². The largest absolute Gasteiger partial charge is 0.374 e. The lowest BCUT2D eigenvalue weighted by atomic mass is 9.95. The lowest BCUT2D eigenvalue weighted by molar-refractivity contribution is 0.400. The van der Waals surface area contributed by atoms with Crippen LogP contribution < -0.4 is 10.6 Å². The summed E-state index contributed by atoms with van der Waals surface area (Å²) in [6, 6.07) is 10.6. The Bertz CT molecular complexity index is 310. The van der Waals surface area contributed by atoms with Gasteiger partial charge in [0.2, 0.25) is 0 Å². The van der Waals surface area contributed by atoms with Crippen LogP contribution in [-0.2, 0) is 0 Å². The Hall–Kier alpha value is -1.02. The molecule has 2 N–H and O–H groups in total. The molecule has 0 spiro atoms. The number of rotatable bonds is 4. The minimum atomic E-state index is 0.742. The predicted octanol–water partition coefficient (Wildman–Crippen LogP) is 2.50. The first-order chi connectivity index (χ1) is 7.81. The molecule has 0 heterocycles. The Morgan fingerprint density at radius 1 is 1.19 bits per heavy atom. The maximum atomic E-state index is 5.82. The molecule has 0 aromatic heterocycles. The quantitative estimate of drug-likeness (QED) is 0.841. The molecule has 0 amide bonds. The summed E-state index contributed by atoms with van der Waals surface area (Å²) in [7, 11) is 2.18. The van der Waals surface area contributed by atoms with E-state index in [-0.39, 0.29) is 0 Å². The fraction of sp³-hybridized carbons (Fsp3) is 0.571. The van der Waals surface area contributed by atoms with Crippen LogP contribution in [0.15, 0.2) is 30.3 Å². The van der Waals surface area contributed by atoms with E-state index in [1.807, 2.05) is 0 Å². The number of anilines is 1. The van der Waals surface area contributed by atoms with Gasteiger partial charge in [0.05, 0.1) is 0 Å². The topological polar surface area (TPSA) is 29.3 Å². The van der Waals surface area contributed by atoms with Gasteiger partial charge in [0.25, 0.3) is 0 Å². The van der Waals surface area contributed by atoms with Gasteiger partial charge in [0.15, 0.2) is 0 Å². The Kier molecular flexibility index (Phi) is 3.83. The van der Waals surface area contributed by atoms with Crippen molar-refractivity contribution in [2.24, 2.45) is 17.6 Å². The monoisotopic (exact) mass is 218 g/mol. The molecule has 1 saturated carbocycles. The van der Waals surface area contributed by atoms with Gasteiger partial charge >= 0.3 is 0 Å². The average Bonchev–Trinajstić information content (AvgIpc) is 2.77. The molecule has 88 valence electrons. The lowest BCUT2D eigenvalue weighted by Gasteiger charge is -2.26. The Balaban J connectivity index is 1.94. The third-order valence-electron chi connectivity index (χ3n) is 3.82. The molecular formula is C14H22N2. The first kappa shape index (κ1) is 11.5. The Labute approximate surface area is 98.4 Å². The zero-order valence-corrected chi connectivity index (χ0v) is 10.1. The second-order valence-electron chi connectivity index (χ2n) is 4.90. The van der Waals surface area contributed by atoms with Gasteiger partial charge in [-0.05, 0) is 43.4 Å². The number of nitrogens with two attached hydrogens (primary N) is 1. The van der Waals surface area contributed by atoms with Gasteiger partial charge in [-0.1, -0.05) is 24.6 Å². The van der Waals surface area contributed by atoms with Crippen molar-refractivity contribution in [1.82, 2.24) is 0 Å². The predicted molar refractivity (Wildman–Crippen MR) is 69.6 cm³/mol. The van der Waals surface area contributed by atoms with Gasteiger partial charge in [-0.15, -0.1) is 0 Å². The molecule has 0 aliphatic heterocycles. The molecule has 2 unspecified atom stereocenters. The van der Waals surface area contributed by atoms with Gasteiger partial charge in [-0.2, -0.15) is 0 Å². The summed E-state index contributed by atoms with van der Waals surface area (Å²) >= 11 is 0. The van der Waals surface area contributed by atoms with E-state index >= 15 is 0 Å². The van der Waals surface area contributed by atoms with Crippen molar-refractivity contribution in [2.45, 2.75) is 19.3 Å². The van der Waals surface area contributed by atoms with E-state index in [4.69, 9.17) is 5.73 Å². The molecule has 0 bridgehead atoms. The third-order valence-corrected chi connectivity index (χ3v) is 3.82. The summed E-state index contributed by atoms with van der Waals surface area (Å²) in [5.41, 5.74) is 7.13. The van der Waals surface area contributed by atoms with Crippen molar-refractivity contribution < 1.29 is 0 Å². The van der Waals surface area contributed by atoms with Crippen LogP contribution in [0.4, 0.5) is 5.69 Å². The molecule has 1 aromatic carbocycles. The van der Waals surface area contributed by atoms with Crippen LogP contribution in [0, 0.1) is 11.8 Å². The molecule has 1 aliphatic carbocycles. The average molecular weight is 218 g/mol. The van der Waals surface area contributed by atoms with Crippen LogP contribution in [-0.4, -0.2) is 20.1 Å². The van der Waals surface area contributed by atoms with E-state index in [1.54, 1.807) is 0 Å². The van der Waals surface area contributed by atoms with E-state index in [0.29, 0.717) is 0 Å². The molecule has 1 aliphatic rings. The van der Waals surface area contributed by atoms with E-state index in [0.717, 1.165) is 24.9 Å². The first-order valence-electron chi connectivity index (χ1n) is 6.27. The van der Waals surface area contributed by atoms with Crippen LogP contribution in [0.25, 0.3) is 0 Å². The third kappa shape index (κ3) is 2.56. The molecule has 16 heavy (non-hydrogen) atoms. The van der Waals surface area contributed by atoms with E-state index in [9.17, 15) is 0 Å². The Morgan fingerprint density at radius 2 is 1.88 bits per heavy atom. The summed E-state index contributed by atoms with van der Waals surface area (Å²) in [4.78, 5) is 2.36. The van der Waals surface area contributed by atoms with E-state index < -0.39 is 0 Å². The molecule has 1 fully saturated rings. The minimum Gasteiger partial charge on any atom is -0.374 e. The SMILES string of the molecule is CN(CC1CCCC1CN)c1ccccc1. The Morgan fingerprint density at radius 3 is 2.56 bits per heavy atom. The number of benzene rings is 1. The molecule has 2 atom stereocenters. The molecule has 2 nitrogen and oxygen atoms in total. The summed E-state index contributed by atoms with van der Waals surface area (Å²) < 4.78 is 0. The second-order valence-corrected chi connectivity index (χ2v) is 4.90. The van der Waals surface area contributed by atoms with Crippen molar-refractivity contribution >= 4 is 5.69 Å². The van der Waals surface area contributed by atoms with Crippen molar-refractivity contribution in [1.29, 1.82) is 0 Å². The van der Waals surface area contributed by atoms with Crippen LogP contribution in [0.3, 0.4) is 0 Å². The summed E-state index contributed by atoms with van der Waals surface area (Å²) in [6.45, 7) is 2.00. The molecular weight excluding hydrogens is 196 g/mol. The van der Waals surface area contributed by atoms with Crippen molar-refractivity contribution in [3.8, 4) is 0 Å². The van der Waals surface area contributed by atoms with Crippen molar-refractivity contribution in [3.05, 3.63) is 30.3 Å². The number of nitrogens with zero attached hydrogens (tertiary/aromatic N) is 1. The minimum absolute atomic E-state index is 0.742. The van der Waals surface area contributed by atoms with Gasteiger partial charge in [-0.25, -0.2) is 0 Å². The summed E-state index contributed by atoms with van der Waals surface area (Å²) in [5.74, 6) is 1.53.